The first-order chi connectivity index (χ1) is 14.4. The zero-order chi connectivity index (χ0) is 21.4. The second-order valence-electron chi connectivity index (χ2n) is 7.02. The van der Waals surface area contributed by atoms with Crippen LogP contribution in [0.1, 0.15) is 48.4 Å². The fraction of sp³-hybridized carbons (Fsp3) is 0.182. The standard InChI is InChI=1S/C22H19N3O5/c1-13(23-30-2)14(11-24-19(26)15-7-3-4-8-16(15)20(24)27)12-25-21(28)17-9-5-6-10-18(17)22(25)29/h3-10,23H,11-12H2,1-2H3. The molecular weight excluding hydrogens is 386 g/mol. The Kier molecular flexibility index (Phi) is 4.93. The number of imide groups is 2. The number of nitrogens with zero attached hydrogens (tertiary/aromatic N) is 2. The quantitative estimate of drug-likeness (QED) is 0.583. The van der Waals surface area contributed by atoms with E-state index in [1.54, 1.807) is 55.5 Å². The van der Waals surface area contributed by atoms with Crippen LogP contribution < -0.4 is 5.48 Å². The van der Waals surface area contributed by atoms with Crippen molar-refractivity contribution in [2.75, 3.05) is 20.2 Å². The van der Waals surface area contributed by atoms with E-state index in [1.165, 1.54) is 7.11 Å². The van der Waals surface area contributed by atoms with Crippen molar-refractivity contribution in [2.24, 2.45) is 0 Å². The molecule has 4 amide bonds. The van der Waals surface area contributed by atoms with E-state index in [2.05, 4.69) is 5.48 Å². The highest BCUT2D eigenvalue weighted by Gasteiger charge is 2.39. The number of carbonyl (C=O) groups is 4. The largest absolute Gasteiger partial charge is 0.280 e. The highest BCUT2D eigenvalue weighted by molar-refractivity contribution is 6.22. The maximum Gasteiger partial charge on any atom is 0.261 e. The molecule has 2 aromatic rings. The molecule has 0 spiro atoms. The summed E-state index contributed by atoms with van der Waals surface area (Å²) in [5.74, 6) is -1.66. The van der Waals surface area contributed by atoms with Crippen molar-refractivity contribution in [1.29, 1.82) is 0 Å². The van der Waals surface area contributed by atoms with E-state index in [-0.39, 0.29) is 13.1 Å². The number of amides is 4. The summed E-state index contributed by atoms with van der Waals surface area (Å²) < 4.78 is 0. The zero-order valence-corrected chi connectivity index (χ0v) is 16.5. The van der Waals surface area contributed by atoms with Gasteiger partial charge in [-0.25, -0.2) is 0 Å². The SMILES string of the molecule is CONC(C)=C(CN1C(=O)c2ccccc2C1=O)CN1C(=O)c2ccccc2C1=O. The average molecular weight is 405 g/mol. The van der Waals surface area contributed by atoms with Crippen LogP contribution in [-0.4, -0.2) is 53.6 Å². The van der Waals surface area contributed by atoms with E-state index in [9.17, 15) is 19.2 Å². The fourth-order valence-corrected chi connectivity index (χ4v) is 3.66. The van der Waals surface area contributed by atoms with Crippen LogP contribution in [0.4, 0.5) is 0 Å². The van der Waals surface area contributed by atoms with E-state index < -0.39 is 23.6 Å². The minimum Gasteiger partial charge on any atom is -0.280 e. The topological polar surface area (TPSA) is 96.0 Å². The summed E-state index contributed by atoms with van der Waals surface area (Å²) >= 11 is 0. The molecule has 0 fully saturated rings. The van der Waals surface area contributed by atoms with Gasteiger partial charge in [0.2, 0.25) is 0 Å². The Morgan fingerprint density at radius 3 is 1.37 bits per heavy atom. The number of hydroxylamine groups is 1. The van der Waals surface area contributed by atoms with E-state index in [0.717, 1.165) is 9.80 Å². The monoisotopic (exact) mass is 405 g/mol. The Bertz CT molecular complexity index is 972. The molecule has 4 rings (SSSR count). The van der Waals surface area contributed by atoms with Gasteiger partial charge in [-0.15, -0.1) is 0 Å². The van der Waals surface area contributed by atoms with E-state index in [4.69, 9.17) is 4.84 Å². The Labute approximate surface area is 172 Å². The number of hydrogen-bond donors (Lipinski definition) is 1. The third-order valence-electron chi connectivity index (χ3n) is 5.24. The molecule has 2 aliphatic rings. The lowest BCUT2D eigenvalue weighted by Crippen LogP contribution is -2.38. The van der Waals surface area contributed by atoms with Crippen LogP contribution in [0.3, 0.4) is 0 Å². The third kappa shape index (κ3) is 3.07. The molecule has 1 N–H and O–H groups in total. The van der Waals surface area contributed by atoms with Gasteiger partial charge >= 0.3 is 0 Å². The molecule has 8 heteroatoms. The first-order valence-corrected chi connectivity index (χ1v) is 9.32. The minimum absolute atomic E-state index is 0.0814. The van der Waals surface area contributed by atoms with Crippen molar-refractivity contribution in [1.82, 2.24) is 15.3 Å². The summed E-state index contributed by atoms with van der Waals surface area (Å²) in [5, 5.41) is 0. The van der Waals surface area contributed by atoms with Crippen molar-refractivity contribution in [3.8, 4) is 0 Å². The van der Waals surface area contributed by atoms with E-state index in [1.807, 2.05) is 0 Å². The molecule has 0 radical (unpaired) electrons. The minimum atomic E-state index is -0.416. The molecule has 152 valence electrons. The lowest BCUT2D eigenvalue weighted by molar-refractivity contribution is 0.0650. The van der Waals surface area contributed by atoms with Crippen LogP contribution in [0, 0.1) is 0 Å². The van der Waals surface area contributed by atoms with Crippen LogP contribution in [0.2, 0.25) is 0 Å². The predicted molar refractivity (Wildman–Crippen MR) is 106 cm³/mol. The first kappa shape index (κ1) is 19.5. The van der Waals surface area contributed by atoms with Crippen LogP contribution >= 0.6 is 0 Å². The Balaban J connectivity index is 1.63. The molecule has 0 aromatic heterocycles. The van der Waals surface area contributed by atoms with Gasteiger partial charge < -0.3 is 0 Å². The molecule has 0 aliphatic carbocycles. The van der Waals surface area contributed by atoms with Crippen LogP contribution in [-0.2, 0) is 4.84 Å². The number of benzene rings is 2. The van der Waals surface area contributed by atoms with Crippen molar-refractivity contribution >= 4 is 23.6 Å². The van der Waals surface area contributed by atoms with Gasteiger partial charge in [0.1, 0.15) is 0 Å². The Morgan fingerprint density at radius 1 is 0.733 bits per heavy atom. The smallest absolute Gasteiger partial charge is 0.261 e. The van der Waals surface area contributed by atoms with Crippen LogP contribution in [0.25, 0.3) is 0 Å². The Hall–Kier alpha value is -3.78. The highest BCUT2D eigenvalue weighted by Crippen LogP contribution is 2.26. The number of hydrogen-bond acceptors (Lipinski definition) is 6. The number of allylic oxidation sites excluding steroid dienone is 1. The lowest BCUT2D eigenvalue weighted by atomic mass is 10.1. The summed E-state index contributed by atoms with van der Waals surface area (Å²) in [4.78, 5) is 58.2. The van der Waals surface area contributed by atoms with Gasteiger partial charge in [0.05, 0.1) is 42.5 Å². The second kappa shape index (κ2) is 7.57. The summed E-state index contributed by atoms with van der Waals surface area (Å²) in [7, 11) is 1.42. The second-order valence-corrected chi connectivity index (χ2v) is 7.02. The maximum absolute atomic E-state index is 12.8. The summed E-state index contributed by atoms with van der Waals surface area (Å²) in [6.45, 7) is 1.53. The number of carbonyl (C=O) groups excluding carboxylic acids is 4. The summed E-state index contributed by atoms with van der Waals surface area (Å²) in [6.07, 6.45) is 0. The molecule has 0 saturated carbocycles. The van der Waals surface area contributed by atoms with Gasteiger partial charge in [-0.2, -0.15) is 0 Å². The lowest BCUT2D eigenvalue weighted by Gasteiger charge is -2.23. The molecule has 0 unspecified atom stereocenters. The molecule has 0 atom stereocenters. The van der Waals surface area contributed by atoms with Crippen molar-refractivity contribution < 1.29 is 24.0 Å². The zero-order valence-electron chi connectivity index (χ0n) is 16.5. The molecule has 2 heterocycles. The Morgan fingerprint density at radius 2 is 1.07 bits per heavy atom. The van der Waals surface area contributed by atoms with Gasteiger partial charge in [-0.1, -0.05) is 24.3 Å². The predicted octanol–water partition coefficient (Wildman–Crippen LogP) is 2.00. The summed E-state index contributed by atoms with van der Waals surface area (Å²) in [6, 6.07) is 13.2. The molecular formula is C22H19N3O5. The van der Waals surface area contributed by atoms with Gasteiger partial charge in [0.15, 0.2) is 0 Å². The van der Waals surface area contributed by atoms with Gasteiger partial charge in [0.25, 0.3) is 23.6 Å². The number of nitrogens with one attached hydrogen (secondary N) is 1. The van der Waals surface area contributed by atoms with E-state index >= 15 is 0 Å². The first-order valence-electron chi connectivity index (χ1n) is 9.32. The molecule has 8 nitrogen and oxygen atoms in total. The van der Waals surface area contributed by atoms with Crippen LogP contribution in [0.5, 0.6) is 0 Å². The van der Waals surface area contributed by atoms with Crippen molar-refractivity contribution in [2.45, 2.75) is 6.92 Å². The summed E-state index contributed by atoms with van der Waals surface area (Å²) in [5.41, 5.74) is 5.02. The maximum atomic E-state index is 12.8. The third-order valence-corrected chi connectivity index (χ3v) is 5.24. The number of fused-ring (bicyclic) bond motifs is 2. The normalized spacial score (nSPS) is 14.9. The van der Waals surface area contributed by atoms with E-state index in [0.29, 0.717) is 33.5 Å². The molecule has 0 saturated heterocycles. The fourth-order valence-electron chi connectivity index (χ4n) is 3.66. The average Bonchev–Trinajstić information content (AvgIpc) is 3.14. The molecule has 2 aromatic carbocycles. The van der Waals surface area contributed by atoms with Gasteiger partial charge in [0, 0.05) is 5.70 Å². The van der Waals surface area contributed by atoms with Gasteiger partial charge in [-0.3, -0.25) is 39.3 Å². The molecule has 2 aliphatic heterocycles. The van der Waals surface area contributed by atoms with Crippen LogP contribution in [0.15, 0.2) is 59.8 Å². The highest BCUT2D eigenvalue weighted by atomic mass is 16.6. The molecule has 30 heavy (non-hydrogen) atoms. The molecule has 0 bridgehead atoms. The van der Waals surface area contributed by atoms with Crippen molar-refractivity contribution in [3.63, 3.8) is 0 Å². The van der Waals surface area contributed by atoms with Crippen molar-refractivity contribution in [3.05, 3.63) is 82.1 Å². The number of rotatable bonds is 6. The van der Waals surface area contributed by atoms with Gasteiger partial charge in [-0.05, 0) is 36.8 Å².